The molecule has 22 heavy (non-hydrogen) atoms. The van der Waals surface area contributed by atoms with Crippen LogP contribution >= 0.6 is 0 Å². The summed E-state index contributed by atoms with van der Waals surface area (Å²) in [7, 11) is 0. The fourth-order valence-electron chi connectivity index (χ4n) is 2.14. The lowest BCUT2D eigenvalue weighted by Crippen LogP contribution is -2.16. The molecule has 0 aliphatic heterocycles. The zero-order valence-corrected chi connectivity index (χ0v) is 12.1. The highest BCUT2D eigenvalue weighted by Crippen LogP contribution is 2.17. The van der Waals surface area contributed by atoms with E-state index in [1.807, 2.05) is 0 Å². The van der Waals surface area contributed by atoms with E-state index in [1.165, 1.54) is 6.07 Å². The predicted octanol–water partition coefficient (Wildman–Crippen LogP) is 2.62. The van der Waals surface area contributed by atoms with Crippen molar-refractivity contribution in [1.29, 1.82) is 0 Å². The average Bonchev–Trinajstić information content (AvgIpc) is 2.47. The van der Waals surface area contributed by atoms with Crippen molar-refractivity contribution in [1.82, 2.24) is 0 Å². The molecule has 0 spiro atoms. The molecule has 5 nitrogen and oxygen atoms in total. The Hall–Kier alpha value is -2.66. The van der Waals surface area contributed by atoms with Crippen molar-refractivity contribution in [2.45, 2.75) is 19.4 Å². The summed E-state index contributed by atoms with van der Waals surface area (Å²) in [5, 5.41) is 21.4. The van der Waals surface area contributed by atoms with Crippen LogP contribution in [0.4, 0.5) is 5.69 Å². The van der Waals surface area contributed by atoms with Gasteiger partial charge in [-0.25, -0.2) is 4.79 Å². The van der Waals surface area contributed by atoms with Gasteiger partial charge in [-0.15, -0.1) is 0 Å². The van der Waals surface area contributed by atoms with Crippen molar-refractivity contribution in [3.8, 4) is 0 Å². The summed E-state index contributed by atoms with van der Waals surface area (Å²) in [5.41, 5.74) is 1.84. The number of hydrogen-bond donors (Lipinski definition) is 3. The second kappa shape index (κ2) is 6.87. The topological polar surface area (TPSA) is 86.6 Å². The Labute approximate surface area is 128 Å². The first-order valence-corrected chi connectivity index (χ1v) is 6.86. The number of carboxylic acid groups (broad SMARTS) is 1. The molecule has 2 rings (SSSR count). The van der Waals surface area contributed by atoms with Gasteiger partial charge in [0.25, 0.3) is 0 Å². The van der Waals surface area contributed by atoms with Gasteiger partial charge in [0.05, 0.1) is 18.1 Å². The Morgan fingerprint density at radius 3 is 2.55 bits per heavy atom. The van der Waals surface area contributed by atoms with Crippen LogP contribution < -0.4 is 5.32 Å². The summed E-state index contributed by atoms with van der Waals surface area (Å²) in [4.78, 5) is 23.2. The zero-order valence-electron chi connectivity index (χ0n) is 12.1. The minimum atomic E-state index is -1.06. The number of carboxylic acids is 1. The molecule has 1 atom stereocenters. The van der Waals surface area contributed by atoms with Crippen LogP contribution in [0.3, 0.4) is 0 Å². The molecule has 3 N–H and O–H groups in total. The number of anilines is 1. The van der Waals surface area contributed by atoms with Gasteiger partial charge in [-0.05, 0) is 36.2 Å². The maximum Gasteiger partial charge on any atom is 0.335 e. The largest absolute Gasteiger partial charge is 0.478 e. The maximum absolute atomic E-state index is 12.1. The van der Waals surface area contributed by atoms with E-state index in [1.54, 1.807) is 49.4 Å². The first kappa shape index (κ1) is 15.7. The molecule has 0 radical (unpaired) electrons. The van der Waals surface area contributed by atoms with Crippen LogP contribution in [0.25, 0.3) is 0 Å². The molecule has 0 aromatic heterocycles. The minimum Gasteiger partial charge on any atom is -0.478 e. The molecule has 2 aromatic rings. The smallest absolute Gasteiger partial charge is 0.335 e. The molecule has 0 saturated carbocycles. The van der Waals surface area contributed by atoms with Crippen molar-refractivity contribution in [3.05, 3.63) is 65.2 Å². The van der Waals surface area contributed by atoms with Gasteiger partial charge in [-0.3, -0.25) is 4.79 Å². The van der Waals surface area contributed by atoms with Gasteiger partial charge < -0.3 is 15.5 Å². The van der Waals surface area contributed by atoms with Crippen LogP contribution in [0.1, 0.15) is 34.5 Å². The van der Waals surface area contributed by atoms with Crippen molar-refractivity contribution in [3.63, 3.8) is 0 Å². The third-order valence-corrected chi connectivity index (χ3v) is 3.25. The highest BCUT2D eigenvalue weighted by molar-refractivity contribution is 5.96. The molecule has 114 valence electrons. The number of rotatable bonds is 5. The van der Waals surface area contributed by atoms with Crippen LogP contribution in [0, 0.1) is 0 Å². The Balaban J connectivity index is 2.11. The third-order valence-electron chi connectivity index (χ3n) is 3.25. The second-order valence-corrected chi connectivity index (χ2v) is 4.99. The molecule has 0 bridgehead atoms. The molecule has 0 fully saturated rings. The molecule has 1 amide bonds. The molecular weight excluding hydrogens is 282 g/mol. The highest BCUT2D eigenvalue weighted by atomic mass is 16.4. The Bertz CT molecular complexity index is 695. The summed E-state index contributed by atoms with van der Waals surface area (Å²) in [6, 6.07) is 13.3. The summed E-state index contributed by atoms with van der Waals surface area (Å²) >= 11 is 0. The van der Waals surface area contributed by atoms with Gasteiger partial charge in [0.1, 0.15) is 0 Å². The van der Waals surface area contributed by atoms with E-state index in [2.05, 4.69) is 5.32 Å². The highest BCUT2D eigenvalue weighted by Gasteiger charge is 2.13. The van der Waals surface area contributed by atoms with Gasteiger partial charge in [0.2, 0.25) is 5.91 Å². The first-order chi connectivity index (χ1) is 10.5. The summed E-state index contributed by atoms with van der Waals surface area (Å²) < 4.78 is 0. The van der Waals surface area contributed by atoms with E-state index in [9.17, 15) is 14.7 Å². The molecule has 5 heteroatoms. The summed E-state index contributed by atoms with van der Waals surface area (Å²) in [5.74, 6) is -1.36. The number of aliphatic hydroxyl groups is 1. The standard InChI is InChI=1S/C17H17NO4/c1-11(19)12-6-4-7-14(9-12)18-16(20)10-13-5-2-3-8-15(13)17(21)22/h2-9,11,19H,10H2,1H3,(H,18,20)(H,21,22)/t11-/m1/s1. The van der Waals surface area contributed by atoms with Crippen LogP contribution in [0.5, 0.6) is 0 Å². The van der Waals surface area contributed by atoms with Gasteiger partial charge in [-0.2, -0.15) is 0 Å². The van der Waals surface area contributed by atoms with Crippen molar-refractivity contribution < 1.29 is 19.8 Å². The van der Waals surface area contributed by atoms with Crippen LogP contribution in [0.2, 0.25) is 0 Å². The number of carbonyl (C=O) groups excluding carboxylic acids is 1. The lowest BCUT2D eigenvalue weighted by atomic mass is 10.0. The number of carbonyl (C=O) groups is 2. The number of aliphatic hydroxyl groups excluding tert-OH is 1. The summed E-state index contributed by atoms with van der Waals surface area (Å²) in [6.07, 6.45) is -0.647. The molecule has 0 aliphatic carbocycles. The van der Waals surface area contributed by atoms with E-state index >= 15 is 0 Å². The molecule has 0 unspecified atom stereocenters. The Morgan fingerprint density at radius 1 is 1.14 bits per heavy atom. The maximum atomic E-state index is 12.1. The average molecular weight is 299 g/mol. The van der Waals surface area contributed by atoms with Crippen molar-refractivity contribution >= 4 is 17.6 Å². The number of aromatic carboxylic acids is 1. The van der Waals surface area contributed by atoms with E-state index in [-0.39, 0.29) is 17.9 Å². The minimum absolute atomic E-state index is 0.0264. The van der Waals surface area contributed by atoms with E-state index in [0.717, 1.165) is 0 Å². The molecule has 0 saturated heterocycles. The zero-order chi connectivity index (χ0) is 16.1. The lowest BCUT2D eigenvalue weighted by Gasteiger charge is -2.10. The van der Waals surface area contributed by atoms with Gasteiger partial charge >= 0.3 is 5.97 Å². The monoisotopic (exact) mass is 299 g/mol. The molecule has 0 heterocycles. The number of nitrogens with one attached hydrogen (secondary N) is 1. The van der Waals surface area contributed by atoms with Gasteiger partial charge in [-0.1, -0.05) is 30.3 Å². The number of hydrogen-bond acceptors (Lipinski definition) is 3. The fraction of sp³-hybridized carbons (Fsp3) is 0.176. The van der Waals surface area contributed by atoms with Crippen molar-refractivity contribution in [2.24, 2.45) is 0 Å². The lowest BCUT2D eigenvalue weighted by molar-refractivity contribution is -0.115. The van der Waals surface area contributed by atoms with E-state index in [0.29, 0.717) is 16.8 Å². The van der Waals surface area contributed by atoms with Gasteiger partial charge in [0.15, 0.2) is 0 Å². The van der Waals surface area contributed by atoms with Gasteiger partial charge in [0, 0.05) is 5.69 Å². The molecular formula is C17H17NO4. The van der Waals surface area contributed by atoms with Crippen LogP contribution in [0.15, 0.2) is 48.5 Å². The quantitative estimate of drug-likeness (QED) is 0.792. The van der Waals surface area contributed by atoms with Crippen LogP contribution in [-0.2, 0) is 11.2 Å². The van der Waals surface area contributed by atoms with Crippen molar-refractivity contribution in [2.75, 3.05) is 5.32 Å². The second-order valence-electron chi connectivity index (χ2n) is 4.99. The Morgan fingerprint density at radius 2 is 1.86 bits per heavy atom. The molecule has 0 aliphatic rings. The summed E-state index contributed by atoms with van der Waals surface area (Å²) in [6.45, 7) is 1.64. The number of benzene rings is 2. The predicted molar refractivity (Wildman–Crippen MR) is 82.8 cm³/mol. The molecule has 2 aromatic carbocycles. The third kappa shape index (κ3) is 3.93. The SMILES string of the molecule is C[C@@H](O)c1cccc(NC(=O)Cc2ccccc2C(=O)O)c1. The van der Waals surface area contributed by atoms with E-state index in [4.69, 9.17) is 5.11 Å². The Kier molecular flexibility index (Phi) is 4.91. The van der Waals surface area contributed by atoms with Crippen LogP contribution in [-0.4, -0.2) is 22.1 Å². The number of amides is 1. The normalized spacial score (nSPS) is 11.7. The first-order valence-electron chi connectivity index (χ1n) is 6.86. The van der Waals surface area contributed by atoms with E-state index < -0.39 is 12.1 Å². The fourth-order valence-corrected chi connectivity index (χ4v) is 2.14.